The molecule has 0 radical (unpaired) electrons. The third kappa shape index (κ3) is 5.14. The molecular formula is C22H23ClN6S. The number of halogens is 1. The van der Waals surface area contributed by atoms with E-state index in [4.69, 9.17) is 11.6 Å². The molecule has 1 saturated heterocycles. The zero-order valence-electron chi connectivity index (χ0n) is 16.6. The van der Waals surface area contributed by atoms with E-state index in [0.717, 1.165) is 35.8 Å². The van der Waals surface area contributed by atoms with Gasteiger partial charge in [-0.25, -0.2) is 9.97 Å². The smallest absolute Gasteiger partial charge is 0.223 e. The van der Waals surface area contributed by atoms with Crippen molar-refractivity contribution < 1.29 is 0 Å². The van der Waals surface area contributed by atoms with Crippen LogP contribution in [0.25, 0.3) is 11.3 Å². The van der Waals surface area contributed by atoms with Gasteiger partial charge in [0.25, 0.3) is 0 Å². The molecule has 2 aliphatic rings. The summed E-state index contributed by atoms with van der Waals surface area (Å²) in [7, 11) is 0. The van der Waals surface area contributed by atoms with E-state index in [0.29, 0.717) is 22.2 Å². The maximum atomic E-state index is 9.77. The lowest BCUT2D eigenvalue weighted by Gasteiger charge is -2.14. The number of anilines is 1. The number of hydrogen-bond donors (Lipinski definition) is 2. The summed E-state index contributed by atoms with van der Waals surface area (Å²) in [5.74, 6) is 0.552. The monoisotopic (exact) mass is 438 g/mol. The first-order valence-corrected chi connectivity index (χ1v) is 11.3. The average molecular weight is 439 g/mol. The highest BCUT2D eigenvalue weighted by Crippen LogP contribution is 2.34. The maximum absolute atomic E-state index is 9.77. The highest BCUT2D eigenvalue weighted by Gasteiger charge is 2.19. The number of allylic oxidation sites excluding steroid dienone is 1. The summed E-state index contributed by atoms with van der Waals surface area (Å²) in [5, 5.41) is 19.8. The molecule has 1 aromatic heterocycles. The van der Waals surface area contributed by atoms with Gasteiger partial charge in [0.05, 0.1) is 16.4 Å². The Bertz CT molecular complexity index is 989. The van der Waals surface area contributed by atoms with Crippen LogP contribution in [0.3, 0.4) is 0 Å². The summed E-state index contributed by atoms with van der Waals surface area (Å²) in [6.45, 7) is 4.33. The molecule has 2 aromatic rings. The predicted molar refractivity (Wildman–Crippen MR) is 124 cm³/mol. The van der Waals surface area contributed by atoms with Crippen molar-refractivity contribution in [1.29, 1.82) is 5.26 Å². The van der Waals surface area contributed by atoms with Crippen molar-refractivity contribution >= 4 is 40.6 Å². The number of nitrogens with zero attached hydrogens (tertiary/aromatic N) is 4. The molecule has 8 heteroatoms. The highest BCUT2D eigenvalue weighted by atomic mass is 35.5. The van der Waals surface area contributed by atoms with Crippen molar-refractivity contribution in [3.8, 4) is 6.07 Å². The van der Waals surface area contributed by atoms with Gasteiger partial charge in [0, 0.05) is 23.2 Å². The Morgan fingerprint density at radius 2 is 2.03 bits per heavy atom. The van der Waals surface area contributed by atoms with E-state index in [-0.39, 0.29) is 0 Å². The van der Waals surface area contributed by atoms with Gasteiger partial charge in [-0.3, -0.25) is 0 Å². The molecule has 0 spiro atoms. The maximum Gasteiger partial charge on any atom is 0.223 e. The van der Waals surface area contributed by atoms with Gasteiger partial charge in [0.15, 0.2) is 0 Å². The van der Waals surface area contributed by atoms with Crippen molar-refractivity contribution in [3.05, 3.63) is 63.2 Å². The number of aromatic nitrogens is 2. The fourth-order valence-corrected chi connectivity index (χ4v) is 4.50. The van der Waals surface area contributed by atoms with Gasteiger partial charge in [0.1, 0.15) is 11.6 Å². The Morgan fingerprint density at radius 3 is 2.80 bits per heavy atom. The Labute approximate surface area is 186 Å². The molecule has 1 aromatic carbocycles. The van der Waals surface area contributed by atoms with Gasteiger partial charge in [0.2, 0.25) is 5.95 Å². The van der Waals surface area contributed by atoms with Crippen molar-refractivity contribution in [2.75, 3.05) is 31.5 Å². The van der Waals surface area contributed by atoms with Crippen LogP contribution in [0.2, 0.25) is 5.02 Å². The third-order valence-electron chi connectivity index (χ3n) is 5.08. The van der Waals surface area contributed by atoms with E-state index in [1.165, 1.54) is 37.7 Å². The number of likely N-dealkylation sites (tertiary alicyclic amines) is 1. The Balaban J connectivity index is 1.40. The van der Waals surface area contributed by atoms with Crippen LogP contribution in [-0.2, 0) is 0 Å². The second-order valence-corrected chi connectivity index (χ2v) is 8.51. The number of benzene rings is 1. The number of nitrogens with one attached hydrogen (secondary N) is 2. The lowest BCUT2D eigenvalue weighted by atomic mass is 10.1. The van der Waals surface area contributed by atoms with Crippen LogP contribution in [0.1, 0.15) is 30.5 Å². The summed E-state index contributed by atoms with van der Waals surface area (Å²) >= 11 is 7.46. The molecule has 154 valence electrons. The van der Waals surface area contributed by atoms with Gasteiger partial charge in [-0.15, -0.1) is 0 Å². The predicted octanol–water partition coefficient (Wildman–Crippen LogP) is 4.55. The molecule has 0 aliphatic carbocycles. The van der Waals surface area contributed by atoms with Crippen LogP contribution in [-0.4, -0.2) is 41.0 Å². The molecule has 30 heavy (non-hydrogen) atoms. The first kappa shape index (κ1) is 20.7. The SMILES string of the molecule is N#C/C(=C1\NC(c2ccc(Cl)cc2)=CS1)c1ccnc(NCCCN2CCCC2)n1. The molecule has 0 amide bonds. The Hall–Kier alpha value is -2.53. The zero-order chi connectivity index (χ0) is 20.8. The normalized spacial score (nSPS) is 17.9. The van der Waals surface area contributed by atoms with Crippen LogP contribution in [0.4, 0.5) is 5.95 Å². The van der Waals surface area contributed by atoms with Crippen LogP contribution in [0.15, 0.2) is 47.0 Å². The number of thioether (sulfide) groups is 1. The fraction of sp³-hybridized carbons (Fsp3) is 0.318. The molecule has 6 nitrogen and oxygen atoms in total. The van der Waals surface area contributed by atoms with E-state index in [1.807, 2.05) is 29.7 Å². The Morgan fingerprint density at radius 1 is 1.23 bits per heavy atom. The molecular weight excluding hydrogens is 416 g/mol. The number of hydrogen-bond acceptors (Lipinski definition) is 7. The van der Waals surface area contributed by atoms with Gasteiger partial charge < -0.3 is 15.5 Å². The topological polar surface area (TPSA) is 76.9 Å². The average Bonchev–Trinajstić information content (AvgIpc) is 3.45. The van der Waals surface area contributed by atoms with E-state index in [9.17, 15) is 5.26 Å². The first-order valence-electron chi connectivity index (χ1n) is 10.1. The largest absolute Gasteiger partial charge is 0.354 e. The second kappa shape index (κ2) is 9.98. The van der Waals surface area contributed by atoms with Crippen molar-refractivity contribution in [2.45, 2.75) is 19.3 Å². The summed E-state index contributed by atoms with van der Waals surface area (Å²) in [4.78, 5) is 11.4. The lowest BCUT2D eigenvalue weighted by molar-refractivity contribution is 0.337. The van der Waals surface area contributed by atoms with E-state index in [1.54, 1.807) is 12.3 Å². The lowest BCUT2D eigenvalue weighted by Crippen LogP contribution is -2.22. The van der Waals surface area contributed by atoms with Crippen LogP contribution in [0.5, 0.6) is 0 Å². The summed E-state index contributed by atoms with van der Waals surface area (Å²) in [6, 6.07) is 11.7. The van der Waals surface area contributed by atoms with Crippen molar-refractivity contribution in [3.63, 3.8) is 0 Å². The van der Waals surface area contributed by atoms with E-state index in [2.05, 4.69) is 31.6 Å². The molecule has 2 aliphatic heterocycles. The number of rotatable bonds is 7. The zero-order valence-corrected chi connectivity index (χ0v) is 18.1. The van der Waals surface area contributed by atoms with E-state index >= 15 is 0 Å². The molecule has 0 bridgehead atoms. The fourth-order valence-electron chi connectivity index (χ4n) is 3.51. The second-order valence-electron chi connectivity index (χ2n) is 7.19. The van der Waals surface area contributed by atoms with Gasteiger partial charge in [-0.1, -0.05) is 35.5 Å². The molecule has 3 heterocycles. The van der Waals surface area contributed by atoms with E-state index < -0.39 is 0 Å². The van der Waals surface area contributed by atoms with Crippen LogP contribution < -0.4 is 10.6 Å². The summed E-state index contributed by atoms with van der Waals surface area (Å²) in [5.41, 5.74) is 3.06. The molecule has 0 saturated carbocycles. The molecule has 2 N–H and O–H groups in total. The number of nitriles is 1. The van der Waals surface area contributed by atoms with Crippen molar-refractivity contribution in [2.24, 2.45) is 0 Å². The van der Waals surface area contributed by atoms with Gasteiger partial charge in [-0.2, -0.15) is 5.26 Å². The highest BCUT2D eigenvalue weighted by molar-refractivity contribution is 8.06. The van der Waals surface area contributed by atoms with Gasteiger partial charge >= 0.3 is 0 Å². The molecule has 0 atom stereocenters. The molecule has 4 rings (SSSR count). The summed E-state index contributed by atoms with van der Waals surface area (Å²) < 4.78 is 0. The molecule has 0 unspecified atom stereocenters. The van der Waals surface area contributed by atoms with Crippen molar-refractivity contribution in [1.82, 2.24) is 20.2 Å². The quantitative estimate of drug-likeness (QED) is 0.484. The molecule has 1 fully saturated rings. The minimum atomic E-state index is 0.503. The Kier molecular flexibility index (Phi) is 6.90. The standard InChI is InChI=1S/C22H23ClN6S/c23-17-6-4-16(5-7-17)20-15-30-21(27-20)18(14-24)19-8-10-26-22(28-19)25-9-3-13-29-11-1-2-12-29/h4-8,10,15,27H,1-3,9,11-13H2,(H,25,26,28)/b21-18-. The summed E-state index contributed by atoms with van der Waals surface area (Å²) in [6.07, 6.45) is 5.36. The minimum Gasteiger partial charge on any atom is -0.354 e. The first-order chi connectivity index (χ1) is 14.7. The van der Waals surface area contributed by atoms with Crippen LogP contribution >= 0.6 is 23.4 Å². The van der Waals surface area contributed by atoms with Crippen LogP contribution in [0, 0.1) is 11.3 Å². The minimum absolute atomic E-state index is 0.503. The third-order valence-corrected chi connectivity index (χ3v) is 6.23. The van der Waals surface area contributed by atoms with Gasteiger partial charge in [-0.05, 0) is 62.7 Å².